The maximum absolute atomic E-state index is 12.7. The average Bonchev–Trinajstić information content (AvgIpc) is 2.41. The number of carbonyl (C=O) groups excluding carboxylic acids is 1. The molecule has 1 amide bonds. The number of carbonyl (C=O) groups is 1. The third kappa shape index (κ3) is 2.93. The number of hydrogen-bond donors (Lipinski definition) is 1. The lowest BCUT2D eigenvalue weighted by Gasteiger charge is -2.38. The monoisotopic (exact) mass is 280 g/mol. The smallest absolute Gasteiger partial charge is 0.254 e. The molecule has 104 valence electrons. The van der Waals surface area contributed by atoms with Gasteiger partial charge in [-0.3, -0.25) is 4.79 Å². The van der Waals surface area contributed by atoms with E-state index in [1.54, 1.807) is 0 Å². The molecule has 2 atom stereocenters. The molecule has 0 radical (unpaired) electrons. The summed E-state index contributed by atoms with van der Waals surface area (Å²) >= 11 is 6.10. The van der Waals surface area contributed by atoms with Gasteiger partial charge < -0.3 is 10.6 Å². The van der Waals surface area contributed by atoms with E-state index in [-0.39, 0.29) is 18.0 Å². The number of nitrogens with two attached hydrogens (primary N) is 1. The van der Waals surface area contributed by atoms with Gasteiger partial charge >= 0.3 is 0 Å². The van der Waals surface area contributed by atoms with E-state index in [0.29, 0.717) is 10.6 Å². The van der Waals surface area contributed by atoms with Crippen LogP contribution in [0.3, 0.4) is 0 Å². The predicted molar refractivity (Wildman–Crippen MR) is 78.5 cm³/mol. The van der Waals surface area contributed by atoms with Gasteiger partial charge in [0.15, 0.2) is 0 Å². The fourth-order valence-corrected chi connectivity index (χ4v) is 2.92. The summed E-state index contributed by atoms with van der Waals surface area (Å²) in [5, 5.41) is 0.639. The second kappa shape index (κ2) is 5.93. The van der Waals surface area contributed by atoms with Crippen LogP contribution in [0.2, 0.25) is 5.02 Å². The first-order valence-electron chi connectivity index (χ1n) is 6.84. The lowest BCUT2D eigenvalue weighted by atomic mass is 9.95. The van der Waals surface area contributed by atoms with E-state index in [9.17, 15) is 4.79 Å². The topological polar surface area (TPSA) is 46.3 Å². The maximum Gasteiger partial charge on any atom is 0.254 e. The van der Waals surface area contributed by atoms with Gasteiger partial charge in [0.2, 0.25) is 0 Å². The number of amides is 1. The van der Waals surface area contributed by atoms with Crippen LogP contribution < -0.4 is 5.73 Å². The minimum absolute atomic E-state index is 0.00346. The van der Waals surface area contributed by atoms with Crippen LogP contribution in [-0.4, -0.2) is 29.4 Å². The van der Waals surface area contributed by atoms with Crippen LogP contribution in [0.25, 0.3) is 0 Å². The van der Waals surface area contributed by atoms with Crippen molar-refractivity contribution < 1.29 is 4.79 Å². The average molecular weight is 281 g/mol. The number of likely N-dealkylation sites (tertiary alicyclic amines) is 1. The van der Waals surface area contributed by atoms with Crippen molar-refractivity contribution in [2.24, 2.45) is 5.73 Å². The molecule has 2 unspecified atom stereocenters. The largest absolute Gasteiger partial charge is 0.334 e. The summed E-state index contributed by atoms with van der Waals surface area (Å²) in [6, 6.07) is 5.62. The molecule has 1 aromatic carbocycles. The highest BCUT2D eigenvalue weighted by atomic mass is 35.5. The van der Waals surface area contributed by atoms with Crippen molar-refractivity contribution >= 4 is 17.5 Å². The molecule has 4 heteroatoms. The van der Waals surface area contributed by atoms with Crippen LogP contribution in [0.15, 0.2) is 18.2 Å². The summed E-state index contributed by atoms with van der Waals surface area (Å²) in [6.07, 6.45) is 3.18. The van der Waals surface area contributed by atoms with E-state index in [2.05, 4.69) is 0 Å². The first-order valence-corrected chi connectivity index (χ1v) is 7.22. The first-order chi connectivity index (χ1) is 9.02. The summed E-state index contributed by atoms with van der Waals surface area (Å²) in [4.78, 5) is 14.6. The number of nitrogens with zero attached hydrogens (tertiary/aromatic N) is 1. The van der Waals surface area contributed by atoms with Crippen LogP contribution >= 0.6 is 11.6 Å². The van der Waals surface area contributed by atoms with Gasteiger partial charge in [-0.05, 0) is 50.8 Å². The molecule has 2 rings (SSSR count). The highest BCUT2D eigenvalue weighted by Gasteiger charge is 2.30. The Balaban J connectivity index is 2.29. The van der Waals surface area contributed by atoms with E-state index in [1.165, 1.54) is 0 Å². The minimum atomic E-state index is 0.00346. The molecule has 0 bridgehead atoms. The SMILES string of the molecule is Cc1c(Cl)cccc1C(=O)N1CCCCC1C(C)N. The van der Waals surface area contributed by atoms with Crippen molar-refractivity contribution in [2.45, 2.75) is 45.2 Å². The second-order valence-corrected chi connectivity index (χ2v) is 5.74. The lowest BCUT2D eigenvalue weighted by molar-refractivity contribution is 0.0583. The Morgan fingerprint density at radius 2 is 2.21 bits per heavy atom. The molecular weight excluding hydrogens is 260 g/mol. The Morgan fingerprint density at radius 1 is 1.47 bits per heavy atom. The highest BCUT2D eigenvalue weighted by Crippen LogP contribution is 2.25. The fourth-order valence-electron chi connectivity index (χ4n) is 2.75. The number of benzene rings is 1. The molecule has 0 saturated carbocycles. The Morgan fingerprint density at radius 3 is 2.89 bits per heavy atom. The van der Waals surface area contributed by atoms with E-state index in [4.69, 9.17) is 17.3 Å². The van der Waals surface area contributed by atoms with Crippen molar-refractivity contribution in [3.63, 3.8) is 0 Å². The zero-order valence-electron chi connectivity index (χ0n) is 11.5. The summed E-state index contributed by atoms with van der Waals surface area (Å²) in [5.41, 5.74) is 7.57. The zero-order chi connectivity index (χ0) is 14.0. The Kier molecular flexibility index (Phi) is 4.48. The summed E-state index contributed by atoms with van der Waals surface area (Å²) in [7, 11) is 0. The molecule has 19 heavy (non-hydrogen) atoms. The number of piperidine rings is 1. The third-order valence-electron chi connectivity index (χ3n) is 3.92. The van der Waals surface area contributed by atoms with Gasteiger partial charge in [-0.15, -0.1) is 0 Å². The standard InChI is InChI=1S/C15H21ClN2O/c1-10-12(6-5-7-13(10)16)15(19)18-9-4-3-8-14(18)11(2)17/h5-7,11,14H,3-4,8-9,17H2,1-2H3. The second-order valence-electron chi connectivity index (χ2n) is 5.33. The van der Waals surface area contributed by atoms with Crippen molar-refractivity contribution in [1.82, 2.24) is 4.90 Å². The van der Waals surface area contributed by atoms with E-state index in [0.717, 1.165) is 31.4 Å². The minimum Gasteiger partial charge on any atom is -0.334 e. The molecule has 0 aliphatic carbocycles. The quantitative estimate of drug-likeness (QED) is 0.905. The molecule has 3 nitrogen and oxygen atoms in total. The molecule has 1 heterocycles. The van der Waals surface area contributed by atoms with Crippen molar-refractivity contribution in [3.05, 3.63) is 34.3 Å². The van der Waals surface area contributed by atoms with Crippen LogP contribution in [0.4, 0.5) is 0 Å². The van der Waals surface area contributed by atoms with Gasteiger partial charge in [0.1, 0.15) is 0 Å². The normalized spacial score (nSPS) is 21.3. The molecular formula is C15H21ClN2O. The Hall–Kier alpha value is -1.06. The summed E-state index contributed by atoms with van der Waals surface area (Å²) < 4.78 is 0. The first kappa shape index (κ1) is 14.4. The van der Waals surface area contributed by atoms with Gasteiger partial charge in [-0.2, -0.15) is 0 Å². The van der Waals surface area contributed by atoms with Crippen molar-refractivity contribution in [1.29, 1.82) is 0 Å². The highest BCUT2D eigenvalue weighted by molar-refractivity contribution is 6.31. The Labute approximate surface area is 119 Å². The summed E-state index contributed by atoms with van der Waals surface area (Å²) in [6.45, 7) is 4.65. The van der Waals surface area contributed by atoms with Crippen LogP contribution in [0.5, 0.6) is 0 Å². The van der Waals surface area contributed by atoms with Crippen LogP contribution in [-0.2, 0) is 0 Å². The van der Waals surface area contributed by atoms with E-state index < -0.39 is 0 Å². The summed E-state index contributed by atoms with van der Waals surface area (Å²) in [5.74, 6) is 0.0574. The predicted octanol–water partition coefficient (Wildman–Crippen LogP) is 2.99. The Bertz CT molecular complexity index is 473. The molecule has 1 fully saturated rings. The van der Waals surface area contributed by atoms with Gasteiger partial charge in [-0.1, -0.05) is 17.7 Å². The third-order valence-corrected chi connectivity index (χ3v) is 4.32. The van der Waals surface area contributed by atoms with E-state index >= 15 is 0 Å². The maximum atomic E-state index is 12.7. The molecule has 1 saturated heterocycles. The molecule has 1 aliphatic rings. The zero-order valence-corrected chi connectivity index (χ0v) is 12.3. The van der Waals surface area contributed by atoms with Gasteiger partial charge in [0.05, 0.1) is 0 Å². The number of hydrogen-bond acceptors (Lipinski definition) is 2. The molecule has 0 aromatic heterocycles. The lowest BCUT2D eigenvalue weighted by Crippen LogP contribution is -2.51. The molecule has 2 N–H and O–H groups in total. The van der Waals surface area contributed by atoms with E-state index in [1.807, 2.05) is 36.9 Å². The molecule has 0 spiro atoms. The van der Waals surface area contributed by atoms with Crippen LogP contribution in [0.1, 0.15) is 42.1 Å². The number of halogens is 1. The van der Waals surface area contributed by atoms with Crippen molar-refractivity contribution in [2.75, 3.05) is 6.54 Å². The van der Waals surface area contributed by atoms with Crippen LogP contribution in [0, 0.1) is 6.92 Å². The van der Waals surface area contributed by atoms with Gasteiger partial charge in [0, 0.05) is 29.2 Å². The fraction of sp³-hybridized carbons (Fsp3) is 0.533. The molecule has 1 aliphatic heterocycles. The molecule has 1 aromatic rings. The van der Waals surface area contributed by atoms with Gasteiger partial charge in [-0.25, -0.2) is 0 Å². The number of rotatable bonds is 2. The van der Waals surface area contributed by atoms with Gasteiger partial charge in [0.25, 0.3) is 5.91 Å². The van der Waals surface area contributed by atoms with Crippen molar-refractivity contribution in [3.8, 4) is 0 Å².